The highest BCUT2D eigenvalue weighted by Crippen LogP contribution is 2.50. The Balaban J connectivity index is 0.952. The second-order valence-corrected chi connectivity index (χ2v) is 18.4. The minimum Gasteiger partial charge on any atom is -0.456 e. The highest BCUT2D eigenvalue weighted by atomic mass is 16.3. The smallest absolute Gasteiger partial charge is 0.135 e. The molecule has 0 aliphatic carbocycles. The van der Waals surface area contributed by atoms with E-state index in [4.69, 9.17) is 17.7 Å². The van der Waals surface area contributed by atoms with E-state index in [9.17, 15) is 0 Å². The topological polar surface area (TPSA) is 59.0 Å². The number of hydrogen-bond acceptors (Lipinski definition) is 6. The van der Waals surface area contributed by atoms with Gasteiger partial charge >= 0.3 is 0 Å². The lowest BCUT2D eigenvalue weighted by Crippen LogP contribution is -2.11. The summed E-state index contributed by atoms with van der Waals surface area (Å²) in [6.45, 7) is 0. The van der Waals surface area contributed by atoms with Crippen LogP contribution in [-0.2, 0) is 0 Å². The zero-order valence-electron chi connectivity index (χ0n) is 37.3. The van der Waals surface area contributed by atoms with Crippen LogP contribution in [-0.4, -0.2) is 0 Å². The van der Waals surface area contributed by atoms with Gasteiger partial charge in [0.1, 0.15) is 44.7 Å². The summed E-state index contributed by atoms with van der Waals surface area (Å²) in [5.74, 6) is 0. The predicted molar refractivity (Wildman–Crippen MR) is 289 cm³/mol. The molecule has 0 amide bonds. The predicted octanol–water partition coefficient (Wildman–Crippen LogP) is 19.1. The van der Waals surface area contributed by atoms with Crippen molar-refractivity contribution in [1.29, 1.82) is 0 Å². The zero-order valence-corrected chi connectivity index (χ0v) is 37.3. The third-order valence-corrected chi connectivity index (χ3v) is 14.6. The molecular formula is C64H36N2O4. The van der Waals surface area contributed by atoms with E-state index in [1.54, 1.807) is 0 Å². The maximum Gasteiger partial charge on any atom is 0.135 e. The van der Waals surface area contributed by atoms with Crippen LogP contribution < -0.4 is 9.80 Å². The molecular weight excluding hydrogens is 861 g/mol. The Morgan fingerprint density at radius 1 is 0.214 bits per heavy atom. The molecule has 4 aromatic heterocycles. The van der Waals surface area contributed by atoms with Crippen LogP contribution in [0.2, 0.25) is 0 Å². The molecule has 0 spiro atoms. The minimum absolute atomic E-state index is 0.855. The van der Waals surface area contributed by atoms with E-state index < -0.39 is 0 Å². The summed E-state index contributed by atoms with van der Waals surface area (Å²) in [6, 6.07) is 77.6. The third kappa shape index (κ3) is 5.33. The van der Waals surface area contributed by atoms with Crippen molar-refractivity contribution in [2.75, 3.05) is 9.80 Å². The summed E-state index contributed by atoms with van der Waals surface area (Å²) in [4.78, 5) is 4.80. The van der Waals surface area contributed by atoms with Crippen LogP contribution in [0.5, 0.6) is 0 Å². The van der Waals surface area contributed by atoms with Crippen LogP contribution >= 0.6 is 0 Å². The molecule has 16 rings (SSSR count). The van der Waals surface area contributed by atoms with Crippen molar-refractivity contribution in [3.8, 4) is 0 Å². The number of benzene rings is 12. The summed E-state index contributed by atoms with van der Waals surface area (Å²) in [5, 5.41) is 15.7. The van der Waals surface area contributed by atoms with Gasteiger partial charge in [-0.3, -0.25) is 0 Å². The van der Waals surface area contributed by atoms with Gasteiger partial charge in [0.15, 0.2) is 0 Å². The Hall–Kier alpha value is -9.52. The van der Waals surface area contributed by atoms with Gasteiger partial charge in [-0.1, -0.05) is 109 Å². The first-order chi connectivity index (χ1) is 34.7. The Labute approximate surface area is 398 Å². The Bertz CT molecular complexity index is 4290. The van der Waals surface area contributed by atoms with Crippen molar-refractivity contribution < 1.29 is 17.7 Å². The van der Waals surface area contributed by atoms with E-state index >= 15 is 0 Å². The lowest BCUT2D eigenvalue weighted by atomic mass is 9.91. The van der Waals surface area contributed by atoms with Gasteiger partial charge in [-0.15, -0.1) is 0 Å². The van der Waals surface area contributed by atoms with E-state index in [1.165, 1.54) is 21.5 Å². The van der Waals surface area contributed by atoms with Crippen molar-refractivity contribution in [3.05, 3.63) is 218 Å². The van der Waals surface area contributed by atoms with Crippen molar-refractivity contribution >= 4 is 154 Å². The molecule has 0 aliphatic heterocycles. The summed E-state index contributed by atoms with van der Waals surface area (Å²) in [6.07, 6.45) is 0. The molecule has 0 radical (unpaired) electrons. The molecule has 6 heteroatoms. The largest absolute Gasteiger partial charge is 0.456 e. The van der Waals surface area contributed by atoms with E-state index in [-0.39, 0.29) is 0 Å². The van der Waals surface area contributed by atoms with Gasteiger partial charge in [0.25, 0.3) is 0 Å². The number of anilines is 6. The fourth-order valence-electron chi connectivity index (χ4n) is 11.4. The van der Waals surface area contributed by atoms with E-state index in [0.717, 1.165) is 133 Å². The first-order valence-electron chi connectivity index (χ1n) is 23.6. The van der Waals surface area contributed by atoms with Crippen LogP contribution in [0.3, 0.4) is 0 Å². The van der Waals surface area contributed by atoms with Gasteiger partial charge in [-0.05, 0) is 131 Å². The molecule has 12 aromatic carbocycles. The third-order valence-electron chi connectivity index (χ3n) is 14.6. The Morgan fingerprint density at radius 3 is 0.800 bits per heavy atom. The fraction of sp³-hybridized carbons (Fsp3) is 0. The molecule has 0 aliphatic rings. The molecule has 0 bridgehead atoms. The fourth-order valence-corrected chi connectivity index (χ4v) is 11.4. The monoisotopic (exact) mass is 896 g/mol. The second-order valence-electron chi connectivity index (χ2n) is 18.4. The number of furan rings is 4. The van der Waals surface area contributed by atoms with E-state index in [0.29, 0.717) is 0 Å². The molecule has 16 aromatic rings. The molecule has 0 N–H and O–H groups in total. The molecule has 0 fully saturated rings. The maximum atomic E-state index is 6.36. The number of rotatable bonds is 6. The molecule has 0 saturated heterocycles. The Kier molecular flexibility index (Phi) is 7.52. The second kappa shape index (κ2) is 14.0. The zero-order chi connectivity index (χ0) is 45.6. The van der Waals surface area contributed by atoms with E-state index in [2.05, 4.69) is 180 Å². The Morgan fingerprint density at radius 2 is 0.486 bits per heavy atom. The van der Waals surface area contributed by atoms with Crippen LogP contribution in [0.25, 0.3) is 120 Å². The molecule has 4 heterocycles. The lowest BCUT2D eigenvalue weighted by molar-refractivity contribution is 0.668. The van der Waals surface area contributed by atoms with Crippen LogP contribution in [0.15, 0.2) is 236 Å². The molecule has 0 atom stereocenters. The van der Waals surface area contributed by atoms with Gasteiger partial charge < -0.3 is 27.5 Å². The standard InChI is InChI=1S/C64H36N2O4/c1-5-13-55-43(9-1)49-33-39(21-29-59(49)67-55)65(40-22-30-60-50(34-40)44-10-2-6-14-56(44)68-60)53-27-19-37-18-26-48-54(28-20-38-17-25-47(53)63(37)64(38)48)66(41-23-31-61-51(35-41)45-11-3-7-15-57(45)69-61)42-24-32-62-52(36-42)46-12-4-8-16-58(46)70-62/h1-36H. The van der Waals surface area contributed by atoms with Gasteiger partial charge in [0.05, 0.1) is 11.4 Å². The van der Waals surface area contributed by atoms with Crippen molar-refractivity contribution in [2.24, 2.45) is 0 Å². The molecule has 0 unspecified atom stereocenters. The molecule has 70 heavy (non-hydrogen) atoms. The van der Waals surface area contributed by atoms with Crippen LogP contribution in [0.1, 0.15) is 0 Å². The highest BCUT2D eigenvalue weighted by molar-refractivity contribution is 6.28. The minimum atomic E-state index is 0.855. The molecule has 0 saturated carbocycles. The average molecular weight is 897 g/mol. The maximum absolute atomic E-state index is 6.36. The van der Waals surface area contributed by atoms with E-state index in [1.807, 2.05) is 48.5 Å². The highest BCUT2D eigenvalue weighted by Gasteiger charge is 2.24. The SMILES string of the molecule is c1ccc2c(c1)oc1ccc(N(c3ccc4oc5ccccc5c4c3)c3ccc4ccc5c(N(c6ccc7oc8ccccc8c7c6)c6ccc7oc8ccccc8c7c6)ccc6ccc3c4c65)cc12. The quantitative estimate of drug-likeness (QED) is 0.155. The average Bonchev–Trinajstić information content (AvgIpc) is 4.19. The van der Waals surface area contributed by atoms with Gasteiger partial charge in [0.2, 0.25) is 0 Å². The van der Waals surface area contributed by atoms with Crippen LogP contribution in [0, 0.1) is 0 Å². The molecule has 6 nitrogen and oxygen atoms in total. The normalized spacial score (nSPS) is 12.3. The number of para-hydroxylation sites is 4. The molecule has 326 valence electrons. The van der Waals surface area contributed by atoms with Gasteiger partial charge in [-0.2, -0.15) is 0 Å². The summed E-state index contributed by atoms with van der Waals surface area (Å²) in [7, 11) is 0. The van der Waals surface area contributed by atoms with Gasteiger partial charge in [0, 0.05) is 76.6 Å². The lowest BCUT2D eigenvalue weighted by Gasteiger charge is -2.29. The number of hydrogen-bond donors (Lipinski definition) is 0. The summed E-state index contributed by atoms with van der Waals surface area (Å²) in [5.41, 5.74) is 13.1. The number of nitrogens with zero attached hydrogens (tertiary/aromatic N) is 2. The van der Waals surface area contributed by atoms with Crippen molar-refractivity contribution in [2.45, 2.75) is 0 Å². The van der Waals surface area contributed by atoms with Crippen molar-refractivity contribution in [3.63, 3.8) is 0 Å². The first-order valence-corrected chi connectivity index (χ1v) is 23.6. The van der Waals surface area contributed by atoms with Crippen molar-refractivity contribution in [1.82, 2.24) is 0 Å². The summed E-state index contributed by atoms with van der Waals surface area (Å²) >= 11 is 0. The van der Waals surface area contributed by atoms with Crippen LogP contribution in [0.4, 0.5) is 34.1 Å². The number of fused-ring (bicyclic) bond motifs is 12. The first kappa shape index (κ1) is 37.6. The van der Waals surface area contributed by atoms with Gasteiger partial charge in [-0.25, -0.2) is 0 Å². The summed E-state index contributed by atoms with van der Waals surface area (Å²) < 4.78 is 25.5.